The van der Waals surface area contributed by atoms with Gasteiger partial charge in [-0.25, -0.2) is 9.78 Å². The lowest BCUT2D eigenvalue weighted by atomic mass is 9.98. The van der Waals surface area contributed by atoms with Crippen molar-refractivity contribution in [1.82, 2.24) is 47.2 Å². The van der Waals surface area contributed by atoms with Crippen molar-refractivity contribution >= 4 is 53.2 Å². The molecule has 368 valence electrons. The number of carboxylic acid groups (broad SMARTS) is 1. The number of nitrogens with two attached hydrogens (primary N) is 2. The van der Waals surface area contributed by atoms with Gasteiger partial charge in [-0.2, -0.15) is 0 Å². The third-order valence-electron chi connectivity index (χ3n) is 9.88. The van der Waals surface area contributed by atoms with E-state index in [9.17, 15) is 58.5 Å². The number of aliphatic hydroxyl groups is 2. The molecule has 23 nitrogen and oxygen atoms in total. The summed E-state index contributed by atoms with van der Waals surface area (Å²) in [4.78, 5) is 126. The Labute approximate surface area is 379 Å². The van der Waals surface area contributed by atoms with Gasteiger partial charge in [0.15, 0.2) is 0 Å². The van der Waals surface area contributed by atoms with Gasteiger partial charge in [0, 0.05) is 18.3 Å². The molecule has 0 aliphatic carbocycles. The maximum atomic E-state index is 14.1. The SMILES string of the molecule is CC(C)C[C@H](NC(=O)[C@H](CC(C)C)NC(=O)[C@H](CC(C)C)NC(=O)[C@H](CC(N)=O)NC(=O)[C@H](Cc1cnc[nH]1)NC(=O)[C@H](CC(C)C)NC(=O)[C@@H](NC(=O)[C@@H](N)[C@@H](C)O)[C@@H](C)O)C(=O)O. The summed E-state index contributed by atoms with van der Waals surface area (Å²) in [7, 11) is 0. The molecule has 10 atom stereocenters. The first-order valence-corrected chi connectivity index (χ1v) is 21.9. The maximum Gasteiger partial charge on any atom is 0.326 e. The Morgan fingerprint density at radius 3 is 1.28 bits per heavy atom. The Morgan fingerprint density at radius 2 is 0.908 bits per heavy atom. The van der Waals surface area contributed by atoms with Crippen molar-refractivity contribution in [2.24, 2.45) is 35.1 Å². The Balaban J connectivity index is 3.47. The van der Waals surface area contributed by atoms with Gasteiger partial charge >= 0.3 is 5.97 Å². The molecule has 0 aliphatic heterocycles. The summed E-state index contributed by atoms with van der Waals surface area (Å²) < 4.78 is 0. The first-order valence-electron chi connectivity index (χ1n) is 21.9. The number of hydrogen-bond donors (Lipinski definition) is 13. The molecular weight excluding hydrogens is 851 g/mol. The van der Waals surface area contributed by atoms with E-state index in [4.69, 9.17) is 11.5 Å². The molecule has 15 N–H and O–H groups in total. The molecule has 1 rings (SSSR count). The van der Waals surface area contributed by atoms with E-state index in [2.05, 4.69) is 47.2 Å². The van der Waals surface area contributed by atoms with Crippen LogP contribution in [0.5, 0.6) is 0 Å². The summed E-state index contributed by atoms with van der Waals surface area (Å²) in [6.07, 6.45) is -0.778. The van der Waals surface area contributed by atoms with E-state index >= 15 is 0 Å². The molecule has 0 spiro atoms. The van der Waals surface area contributed by atoms with Crippen molar-refractivity contribution in [2.75, 3.05) is 0 Å². The largest absolute Gasteiger partial charge is 0.480 e. The van der Waals surface area contributed by atoms with E-state index in [0.717, 1.165) is 0 Å². The van der Waals surface area contributed by atoms with Crippen molar-refractivity contribution in [2.45, 2.75) is 168 Å². The van der Waals surface area contributed by atoms with Crippen molar-refractivity contribution in [3.05, 3.63) is 18.2 Å². The summed E-state index contributed by atoms with van der Waals surface area (Å²) in [5.74, 6) is -9.23. The van der Waals surface area contributed by atoms with E-state index < -0.39 is 120 Å². The van der Waals surface area contributed by atoms with Crippen LogP contribution in [0.15, 0.2) is 12.5 Å². The molecule has 0 saturated carbocycles. The molecule has 0 aliphatic rings. The number of aromatic amines is 1. The van der Waals surface area contributed by atoms with Crippen LogP contribution in [0, 0.1) is 23.7 Å². The van der Waals surface area contributed by atoms with Gasteiger partial charge in [0.2, 0.25) is 47.3 Å². The number of carboxylic acids is 1. The minimum absolute atomic E-state index is 0.00736. The average molecular weight is 924 g/mol. The Bertz CT molecular complexity index is 1750. The molecule has 8 amide bonds. The monoisotopic (exact) mass is 924 g/mol. The van der Waals surface area contributed by atoms with Crippen LogP contribution < -0.4 is 48.7 Å². The molecule has 23 heteroatoms. The third-order valence-corrected chi connectivity index (χ3v) is 9.88. The van der Waals surface area contributed by atoms with Crippen LogP contribution in [0.25, 0.3) is 0 Å². The maximum absolute atomic E-state index is 14.1. The standard InChI is InChI=1S/C42H73N11O12/c1-19(2)11-26(35(57)47-27(12-20(3)4)37(59)52-31(42(64)65)14-22(7)8)48-39(61)30(16-32(43)56)50-38(60)29(15-25-17-45-18-46-25)49-36(58)28(13-21(5)6)51-41(63)34(24(10)55)53-40(62)33(44)23(9)54/h17-24,26-31,33-34,54-55H,11-16,44H2,1-10H3,(H2,43,56)(H,45,46)(H,47,57)(H,48,61)(H,49,58)(H,50,60)(H,51,63)(H,52,59)(H,53,62)(H,64,65)/t23-,24-,26+,27+,28+,29+,30+,31+,33+,34+/m1/s1. The lowest BCUT2D eigenvalue weighted by Gasteiger charge is -2.29. The van der Waals surface area contributed by atoms with Gasteiger partial charge in [-0.3, -0.25) is 38.4 Å². The smallest absolute Gasteiger partial charge is 0.326 e. The number of carbonyl (C=O) groups excluding carboxylic acids is 8. The molecule has 1 heterocycles. The number of H-pyrrole nitrogens is 1. The Kier molecular flexibility index (Phi) is 24.3. The number of nitrogens with zero attached hydrogens (tertiary/aromatic N) is 1. The second kappa shape index (κ2) is 27.6. The lowest BCUT2D eigenvalue weighted by molar-refractivity contribution is -0.143. The van der Waals surface area contributed by atoms with Crippen LogP contribution in [-0.4, -0.2) is 139 Å². The molecule has 0 radical (unpaired) electrons. The summed E-state index contributed by atoms with van der Waals surface area (Å²) in [6, 6.07) is -11.3. The average Bonchev–Trinajstić information content (AvgIpc) is 3.69. The topological polar surface area (TPSA) is 379 Å². The van der Waals surface area contributed by atoms with Crippen LogP contribution in [0.1, 0.15) is 107 Å². The third kappa shape index (κ3) is 21.2. The van der Waals surface area contributed by atoms with Crippen molar-refractivity contribution in [3.63, 3.8) is 0 Å². The minimum Gasteiger partial charge on any atom is -0.480 e. The predicted octanol–water partition coefficient (Wildman–Crippen LogP) is -2.42. The molecule has 0 aromatic carbocycles. The van der Waals surface area contributed by atoms with E-state index in [0.29, 0.717) is 5.69 Å². The highest BCUT2D eigenvalue weighted by molar-refractivity contribution is 5.99. The summed E-state index contributed by atoms with van der Waals surface area (Å²) in [5.41, 5.74) is 11.5. The number of carbonyl (C=O) groups is 9. The molecule has 0 bridgehead atoms. The van der Waals surface area contributed by atoms with Gasteiger partial charge in [-0.1, -0.05) is 55.4 Å². The van der Waals surface area contributed by atoms with E-state index in [1.165, 1.54) is 26.4 Å². The second-order valence-corrected chi connectivity index (χ2v) is 18.2. The van der Waals surface area contributed by atoms with Crippen LogP contribution >= 0.6 is 0 Å². The number of nitrogens with one attached hydrogen (secondary N) is 8. The van der Waals surface area contributed by atoms with Crippen molar-refractivity contribution in [3.8, 4) is 0 Å². The number of rotatable bonds is 29. The number of hydrogen-bond acceptors (Lipinski definition) is 13. The van der Waals surface area contributed by atoms with Crippen LogP contribution in [0.4, 0.5) is 0 Å². The molecule has 65 heavy (non-hydrogen) atoms. The molecule has 0 saturated heterocycles. The fourth-order valence-electron chi connectivity index (χ4n) is 6.53. The summed E-state index contributed by atoms with van der Waals surface area (Å²) in [6.45, 7) is 16.7. The van der Waals surface area contributed by atoms with Crippen LogP contribution in [0.3, 0.4) is 0 Å². The van der Waals surface area contributed by atoms with E-state index in [-0.39, 0.29) is 55.8 Å². The van der Waals surface area contributed by atoms with E-state index in [1.54, 1.807) is 55.4 Å². The van der Waals surface area contributed by atoms with Crippen LogP contribution in [-0.2, 0) is 49.6 Å². The van der Waals surface area contributed by atoms with Gasteiger partial charge < -0.3 is 69.0 Å². The normalized spacial score (nSPS) is 16.1. The minimum atomic E-state index is -1.69. The Hall–Kier alpha value is -5.68. The number of imidazole rings is 1. The highest BCUT2D eigenvalue weighted by atomic mass is 16.4. The van der Waals surface area contributed by atoms with Gasteiger partial charge in [-0.05, 0) is 63.2 Å². The fraction of sp³-hybridized carbons (Fsp3) is 0.714. The molecule has 1 aromatic heterocycles. The summed E-state index contributed by atoms with van der Waals surface area (Å²) >= 11 is 0. The van der Waals surface area contributed by atoms with Crippen molar-refractivity contribution < 1.29 is 58.5 Å². The van der Waals surface area contributed by atoms with Crippen molar-refractivity contribution in [1.29, 1.82) is 0 Å². The first-order chi connectivity index (χ1) is 30.1. The zero-order valence-electron chi connectivity index (χ0n) is 39.1. The van der Waals surface area contributed by atoms with Gasteiger partial charge in [0.25, 0.3) is 0 Å². The molecule has 0 fully saturated rings. The second-order valence-electron chi connectivity index (χ2n) is 18.2. The Morgan fingerprint density at radius 1 is 0.538 bits per heavy atom. The van der Waals surface area contributed by atoms with Gasteiger partial charge in [-0.15, -0.1) is 0 Å². The van der Waals surface area contributed by atoms with Gasteiger partial charge in [0.1, 0.15) is 48.3 Å². The van der Waals surface area contributed by atoms with Crippen LogP contribution in [0.2, 0.25) is 0 Å². The highest BCUT2D eigenvalue weighted by Gasteiger charge is 2.36. The lowest BCUT2D eigenvalue weighted by Crippen LogP contribution is -2.62. The molecule has 1 aromatic rings. The number of amides is 8. The van der Waals surface area contributed by atoms with Gasteiger partial charge in [0.05, 0.1) is 25.0 Å². The molecular formula is C42H73N11O12. The fourth-order valence-corrected chi connectivity index (χ4v) is 6.53. The van der Waals surface area contributed by atoms with E-state index in [1.807, 2.05) is 0 Å². The number of primary amides is 1. The first kappa shape index (κ1) is 57.3. The quantitative estimate of drug-likeness (QED) is 0.0398. The zero-order valence-corrected chi connectivity index (χ0v) is 39.1. The number of aromatic nitrogens is 2. The summed E-state index contributed by atoms with van der Waals surface area (Å²) in [5, 5.41) is 47.3. The predicted molar refractivity (Wildman–Crippen MR) is 236 cm³/mol. The molecule has 0 unspecified atom stereocenters. The number of aliphatic carboxylic acids is 1. The zero-order chi connectivity index (χ0) is 49.9. The highest BCUT2D eigenvalue weighted by Crippen LogP contribution is 2.13. The number of aliphatic hydroxyl groups excluding tert-OH is 2.